The Bertz CT molecular complexity index is 1100. The van der Waals surface area contributed by atoms with Crippen molar-refractivity contribution in [3.05, 3.63) is 95.6 Å². The zero-order valence-corrected chi connectivity index (χ0v) is 16.2. The number of methoxy groups -OCH3 is 1. The van der Waals surface area contributed by atoms with Crippen LogP contribution in [0.5, 0.6) is 5.75 Å². The molecule has 0 bridgehead atoms. The Morgan fingerprint density at radius 2 is 1.73 bits per heavy atom. The highest BCUT2D eigenvalue weighted by Crippen LogP contribution is 2.40. The van der Waals surface area contributed by atoms with Crippen LogP contribution in [0.25, 0.3) is 5.76 Å². The van der Waals surface area contributed by atoms with E-state index in [-0.39, 0.29) is 17.9 Å². The molecule has 7 heteroatoms. The molecule has 0 spiro atoms. The van der Waals surface area contributed by atoms with Gasteiger partial charge in [-0.15, -0.1) is 0 Å². The zero-order valence-electron chi connectivity index (χ0n) is 16.2. The molecule has 1 aliphatic rings. The van der Waals surface area contributed by atoms with Gasteiger partial charge in [-0.25, -0.2) is 0 Å². The summed E-state index contributed by atoms with van der Waals surface area (Å²) >= 11 is 0. The Labute approximate surface area is 173 Å². The molecule has 1 aliphatic heterocycles. The minimum absolute atomic E-state index is 0.0297. The molecule has 1 amide bonds. The van der Waals surface area contributed by atoms with Crippen molar-refractivity contribution in [1.82, 2.24) is 14.9 Å². The van der Waals surface area contributed by atoms with Gasteiger partial charge in [0.1, 0.15) is 11.5 Å². The first-order valence-corrected chi connectivity index (χ1v) is 9.32. The number of rotatable bonds is 5. The van der Waals surface area contributed by atoms with E-state index in [0.29, 0.717) is 16.9 Å². The molecule has 1 unspecified atom stereocenters. The average Bonchev–Trinajstić information content (AvgIpc) is 3.05. The number of carbonyl (C=O) groups excluding carboxylic acids is 2. The largest absolute Gasteiger partial charge is 0.507 e. The van der Waals surface area contributed by atoms with Gasteiger partial charge < -0.3 is 14.7 Å². The molecule has 1 atom stereocenters. The number of amides is 1. The first kappa shape index (κ1) is 19.3. The van der Waals surface area contributed by atoms with Crippen molar-refractivity contribution in [2.75, 3.05) is 7.11 Å². The van der Waals surface area contributed by atoms with Crippen LogP contribution < -0.4 is 4.74 Å². The number of Topliss-reactive ketones (excluding diaryl/α,β-unsaturated/α-hetero) is 1. The highest BCUT2D eigenvalue weighted by Gasteiger charge is 2.46. The molecule has 150 valence electrons. The third-order valence-corrected chi connectivity index (χ3v) is 4.98. The molecule has 0 saturated carbocycles. The van der Waals surface area contributed by atoms with Gasteiger partial charge in [0.15, 0.2) is 0 Å². The van der Waals surface area contributed by atoms with Gasteiger partial charge in [-0.2, -0.15) is 0 Å². The summed E-state index contributed by atoms with van der Waals surface area (Å²) < 4.78 is 5.15. The van der Waals surface area contributed by atoms with Crippen molar-refractivity contribution in [3.63, 3.8) is 0 Å². The lowest BCUT2D eigenvalue weighted by atomic mass is 9.96. The van der Waals surface area contributed by atoms with Crippen LogP contribution in [0.15, 0.2) is 78.9 Å². The third-order valence-electron chi connectivity index (χ3n) is 4.98. The van der Waals surface area contributed by atoms with Crippen molar-refractivity contribution >= 4 is 17.4 Å². The number of hydrogen-bond donors (Lipinski definition) is 1. The Hall–Kier alpha value is -4.00. The topological polar surface area (TPSA) is 92.6 Å². The predicted octanol–water partition coefficient (Wildman–Crippen LogP) is 3.11. The summed E-state index contributed by atoms with van der Waals surface area (Å²) in [4.78, 5) is 35.5. The zero-order chi connectivity index (χ0) is 21.1. The molecule has 0 aliphatic carbocycles. The fourth-order valence-electron chi connectivity index (χ4n) is 3.52. The van der Waals surface area contributed by atoms with Gasteiger partial charge in [-0.1, -0.05) is 12.1 Å². The summed E-state index contributed by atoms with van der Waals surface area (Å²) in [5.41, 5.74) is 1.86. The molecule has 3 heterocycles. The standard InChI is InChI=1S/C23H19N3O4/c1-30-18-8-6-16(7-9-18)21(27)19-20(17-5-3-11-25-13-17)26(23(29)22(19)28)14-15-4-2-10-24-12-15/h2-13,20,27H,14H2,1H3/b21-19-. The van der Waals surface area contributed by atoms with Gasteiger partial charge in [0.2, 0.25) is 0 Å². The van der Waals surface area contributed by atoms with E-state index in [1.165, 1.54) is 4.90 Å². The highest BCUT2D eigenvalue weighted by molar-refractivity contribution is 6.46. The van der Waals surface area contributed by atoms with E-state index >= 15 is 0 Å². The van der Waals surface area contributed by atoms with Crippen LogP contribution in [-0.4, -0.2) is 38.8 Å². The molecule has 2 aromatic heterocycles. The smallest absolute Gasteiger partial charge is 0.295 e. The number of hydrogen-bond acceptors (Lipinski definition) is 6. The minimum atomic E-state index is -0.763. The summed E-state index contributed by atoms with van der Waals surface area (Å²) in [5.74, 6) is -1.03. The number of likely N-dealkylation sites (tertiary alicyclic amines) is 1. The van der Waals surface area contributed by atoms with E-state index < -0.39 is 17.7 Å². The van der Waals surface area contributed by atoms with Crippen LogP contribution in [0.4, 0.5) is 0 Å². The van der Waals surface area contributed by atoms with Crippen molar-refractivity contribution in [1.29, 1.82) is 0 Å². The minimum Gasteiger partial charge on any atom is -0.507 e. The number of ether oxygens (including phenoxy) is 1. The van der Waals surface area contributed by atoms with Crippen molar-refractivity contribution < 1.29 is 19.4 Å². The number of benzene rings is 1. The summed E-state index contributed by atoms with van der Waals surface area (Å²) in [5, 5.41) is 11.0. The van der Waals surface area contributed by atoms with Gasteiger partial charge in [-0.3, -0.25) is 19.6 Å². The molecule has 1 N–H and O–H groups in total. The fourth-order valence-corrected chi connectivity index (χ4v) is 3.52. The van der Waals surface area contributed by atoms with E-state index in [1.807, 2.05) is 6.07 Å². The number of aliphatic hydroxyl groups excluding tert-OH is 1. The number of aliphatic hydroxyl groups is 1. The average molecular weight is 401 g/mol. The maximum Gasteiger partial charge on any atom is 0.295 e. The van der Waals surface area contributed by atoms with Crippen LogP contribution >= 0.6 is 0 Å². The second kappa shape index (κ2) is 8.16. The summed E-state index contributed by atoms with van der Waals surface area (Å²) in [6.07, 6.45) is 6.48. The van der Waals surface area contributed by atoms with Crippen LogP contribution in [0.1, 0.15) is 22.7 Å². The van der Waals surface area contributed by atoms with E-state index in [0.717, 1.165) is 5.56 Å². The summed E-state index contributed by atoms with van der Waals surface area (Å²) in [7, 11) is 1.54. The second-order valence-corrected chi connectivity index (χ2v) is 6.80. The van der Waals surface area contributed by atoms with Crippen LogP contribution in [-0.2, 0) is 16.1 Å². The first-order chi connectivity index (χ1) is 14.6. The van der Waals surface area contributed by atoms with Gasteiger partial charge in [0.05, 0.1) is 18.7 Å². The van der Waals surface area contributed by atoms with Crippen LogP contribution in [0, 0.1) is 0 Å². The number of carbonyl (C=O) groups is 2. The van der Waals surface area contributed by atoms with Crippen molar-refractivity contribution in [3.8, 4) is 5.75 Å². The molecule has 0 radical (unpaired) electrons. The van der Waals surface area contributed by atoms with Crippen LogP contribution in [0.3, 0.4) is 0 Å². The lowest BCUT2D eigenvalue weighted by Gasteiger charge is -2.25. The van der Waals surface area contributed by atoms with Gasteiger partial charge in [0.25, 0.3) is 11.7 Å². The van der Waals surface area contributed by atoms with Crippen molar-refractivity contribution in [2.24, 2.45) is 0 Å². The number of aromatic nitrogens is 2. The molecule has 7 nitrogen and oxygen atoms in total. The van der Waals surface area contributed by atoms with Gasteiger partial charge >= 0.3 is 0 Å². The summed E-state index contributed by atoms with van der Waals surface area (Å²) in [6, 6.07) is 13.0. The van der Waals surface area contributed by atoms with E-state index in [9.17, 15) is 14.7 Å². The molecule has 1 saturated heterocycles. The molecule has 1 aromatic carbocycles. The number of nitrogens with zero attached hydrogens (tertiary/aromatic N) is 3. The Balaban J connectivity index is 1.83. The maximum atomic E-state index is 13.0. The lowest BCUT2D eigenvalue weighted by Crippen LogP contribution is -2.29. The Morgan fingerprint density at radius 1 is 1.03 bits per heavy atom. The number of ketones is 1. The van der Waals surface area contributed by atoms with Gasteiger partial charge in [0, 0.05) is 36.9 Å². The predicted molar refractivity (Wildman–Crippen MR) is 109 cm³/mol. The van der Waals surface area contributed by atoms with E-state index in [2.05, 4.69) is 9.97 Å². The first-order valence-electron chi connectivity index (χ1n) is 9.32. The van der Waals surface area contributed by atoms with E-state index in [4.69, 9.17) is 4.74 Å². The molecular formula is C23H19N3O4. The Kier molecular flexibility index (Phi) is 5.26. The quantitative estimate of drug-likeness (QED) is 0.401. The number of pyridine rings is 2. The van der Waals surface area contributed by atoms with Crippen molar-refractivity contribution in [2.45, 2.75) is 12.6 Å². The molecular weight excluding hydrogens is 382 g/mol. The lowest BCUT2D eigenvalue weighted by molar-refractivity contribution is -0.140. The maximum absolute atomic E-state index is 13.0. The summed E-state index contributed by atoms with van der Waals surface area (Å²) in [6.45, 7) is 0.178. The van der Waals surface area contributed by atoms with Crippen LogP contribution in [0.2, 0.25) is 0 Å². The van der Waals surface area contributed by atoms with Gasteiger partial charge in [-0.05, 0) is 47.5 Å². The third kappa shape index (κ3) is 3.53. The SMILES string of the molecule is COc1ccc(/C(O)=C2/C(=O)C(=O)N(Cc3cccnc3)C2c2cccnc2)cc1. The second-order valence-electron chi connectivity index (χ2n) is 6.80. The van der Waals surface area contributed by atoms with E-state index in [1.54, 1.807) is 74.4 Å². The monoisotopic (exact) mass is 401 g/mol. The Morgan fingerprint density at radius 3 is 2.33 bits per heavy atom. The molecule has 3 aromatic rings. The normalized spacial score (nSPS) is 17.9. The molecule has 1 fully saturated rings. The molecule has 4 rings (SSSR count). The highest BCUT2D eigenvalue weighted by atomic mass is 16.5. The fraction of sp³-hybridized carbons (Fsp3) is 0.130. The molecule has 30 heavy (non-hydrogen) atoms.